The fraction of sp³-hybridized carbons (Fsp3) is 0.321. The molecule has 0 saturated heterocycles. The maximum Gasteiger partial charge on any atom is 0.234 e. The predicted octanol–water partition coefficient (Wildman–Crippen LogP) is 5.52. The molecule has 2 heterocycles. The van der Waals surface area contributed by atoms with Crippen LogP contribution in [-0.4, -0.2) is 31.0 Å². The molecule has 0 saturated carbocycles. The molecule has 2 aromatic carbocycles. The molecule has 0 aliphatic rings. The number of aryl methyl sites for hydroxylation is 3. The number of anilines is 1. The molecule has 0 aliphatic heterocycles. The molecular weight excluding hydrogens is 454 g/mol. The van der Waals surface area contributed by atoms with E-state index in [1.807, 2.05) is 37.5 Å². The van der Waals surface area contributed by atoms with E-state index in [2.05, 4.69) is 74.0 Å². The van der Waals surface area contributed by atoms with E-state index >= 15 is 0 Å². The Balaban J connectivity index is 1.41. The summed E-state index contributed by atoms with van der Waals surface area (Å²) in [5, 5.41) is 12.7. The van der Waals surface area contributed by atoms with Crippen molar-refractivity contribution in [1.29, 1.82) is 0 Å². The Hall–Kier alpha value is -3.32. The first kappa shape index (κ1) is 24.8. The Kier molecular flexibility index (Phi) is 8.79. The van der Waals surface area contributed by atoms with Gasteiger partial charge in [-0.2, -0.15) is 0 Å². The van der Waals surface area contributed by atoms with Crippen LogP contribution in [0, 0.1) is 0 Å². The summed E-state index contributed by atoms with van der Waals surface area (Å²) in [6, 6.07) is 22.7. The maximum absolute atomic E-state index is 12.6. The van der Waals surface area contributed by atoms with E-state index < -0.39 is 0 Å². The van der Waals surface area contributed by atoms with Crippen molar-refractivity contribution in [3.63, 3.8) is 0 Å². The molecule has 0 spiro atoms. The van der Waals surface area contributed by atoms with Crippen LogP contribution in [0.1, 0.15) is 42.4 Å². The highest BCUT2D eigenvalue weighted by molar-refractivity contribution is 7.99. The van der Waals surface area contributed by atoms with Gasteiger partial charge in [0.05, 0.1) is 5.75 Å². The summed E-state index contributed by atoms with van der Waals surface area (Å²) in [6.45, 7) is 2.96. The predicted molar refractivity (Wildman–Crippen MR) is 143 cm³/mol. The molecule has 1 N–H and O–H groups in total. The molecule has 0 radical (unpaired) electrons. The van der Waals surface area contributed by atoms with Crippen molar-refractivity contribution in [2.24, 2.45) is 7.05 Å². The van der Waals surface area contributed by atoms with E-state index in [1.165, 1.54) is 41.4 Å². The van der Waals surface area contributed by atoms with Crippen molar-refractivity contribution in [2.75, 3.05) is 11.1 Å². The third kappa shape index (κ3) is 7.09. The van der Waals surface area contributed by atoms with Gasteiger partial charge < -0.3 is 14.5 Å². The summed E-state index contributed by atoms with van der Waals surface area (Å²) in [6.07, 6.45) is 7.05. The standard InChI is InChI=1S/C28H33N5OS/c1-3-4-9-23-13-15-24(16-14-23)29-27(34)21-35-28-31-30-26(20-25-12-8-18-32(25)2)33(28)19-17-22-10-6-5-7-11-22/h5-8,10-16,18H,3-4,9,17,19-21H2,1-2H3,(H,29,34). The Labute approximate surface area is 211 Å². The summed E-state index contributed by atoms with van der Waals surface area (Å²) in [5.41, 5.74) is 4.57. The van der Waals surface area contributed by atoms with Crippen LogP contribution in [0.15, 0.2) is 78.1 Å². The quantitative estimate of drug-likeness (QED) is 0.267. The molecule has 1 amide bonds. The first-order valence-electron chi connectivity index (χ1n) is 12.2. The largest absolute Gasteiger partial charge is 0.354 e. The van der Waals surface area contributed by atoms with Crippen molar-refractivity contribution >= 4 is 23.4 Å². The van der Waals surface area contributed by atoms with Crippen molar-refractivity contribution in [3.05, 3.63) is 95.6 Å². The number of nitrogens with zero attached hydrogens (tertiary/aromatic N) is 4. The van der Waals surface area contributed by atoms with Crippen molar-refractivity contribution in [1.82, 2.24) is 19.3 Å². The average Bonchev–Trinajstić information content (AvgIpc) is 3.47. The Morgan fingerprint density at radius 1 is 0.943 bits per heavy atom. The zero-order valence-electron chi connectivity index (χ0n) is 20.5. The number of nitrogens with one attached hydrogen (secondary N) is 1. The molecule has 2 aromatic heterocycles. The Morgan fingerprint density at radius 3 is 2.43 bits per heavy atom. The van der Waals surface area contributed by atoms with Crippen LogP contribution in [0.3, 0.4) is 0 Å². The molecule has 182 valence electrons. The molecule has 0 bridgehead atoms. The molecule has 0 aliphatic carbocycles. The average molecular weight is 488 g/mol. The van der Waals surface area contributed by atoms with E-state index in [-0.39, 0.29) is 11.7 Å². The van der Waals surface area contributed by atoms with Gasteiger partial charge in [0.15, 0.2) is 5.16 Å². The first-order chi connectivity index (χ1) is 17.1. The minimum Gasteiger partial charge on any atom is -0.354 e. The van der Waals surface area contributed by atoms with Crippen LogP contribution in [0.2, 0.25) is 0 Å². The van der Waals surface area contributed by atoms with Gasteiger partial charge in [0.25, 0.3) is 0 Å². The molecule has 0 fully saturated rings. The fourth-order valence-electron chi connectivity index (χ4n) is 3.97. The number of benzene rings is 2. The molecule has 4 rings (SSSR count). The van der Waals surface area contributed by atoms with E-state index in [0.717, 1.165) is 36.1 Å². The topological polar surface area (TPSA) is 64.7 Å². The maximum atomic E-state index is 12.6. The minimum atomic E-state index is -0.0436. The lowest BCUT2D eigenvalue weighted by Gasteiger charge is -2.11. The van der Waals surface area contributed by atoms with Crippen molar-refractivity contribution in [2.45, 2.75) is 50.7 Å². The molecule has 35 heavy (non-hydrogen) atoms. The molecule has 0 atom stereocenters. The number of hydrogen-bond acceptors (Lipinski definition) is 4. The second kappa shape index (κ2) is 12.4. The van der Waals surface area contributed by atoms with Gasteiger partial charge in [0.1, 0.15) is 5.82 Å². The monoisotopic (exact) mass is 487 g/mol. The molecule has 0 unspecified atom stereocenters. The number of rotatable bonds is 12. The van der Waals surface area contributed by atoms with Crippen LogP contribution in [0.4, 0.5) is 5.69 Å². The van der Waals surface area contributed by atoms with Crippen molar-refractivity contribution < 1.29 is 4.79 Å². The smallest absolute Gasteiger partial charge is 0.234 e. The van der Waals surface area contributed by atoms with E-state index in [4.69, 9.17) is 0 Å². The highest BCUT2D eigenvalue weighted by Crippen LogP contribution is 2.21. The van der Waals surface area contributed by atoms with Crippen LogP contribution < -0.4 is 5.32 Å². The van der Waals surface area contributed by atoms with Crippen LogP contribution in [-0.2, 0) is 37.6 Å². The number of aromatic nitrogens is 4. The summed E-state index contributed by atoms with van der Waals surface area (Å²) in [5.74, 6) is 1.15. The summed E-state index contributed by atoms with van der Waals surface area (Å²) < 4.78 is 4.25. The summed E-state index contributed by atoms with van der Waals surface area (Å²) in [4.78, 5) is 12.6. The lowest BCUT2D eigenvalue weighted by molar-refractivity contribution is -0.113. The number of hydrogen-bond donors (Lipinski definition) is 1. The second-order valence-electron chi connectivity index (χ2n) is 8.71. The van der Waals surface area contributed by atoms with Crippen molar-refractivity contribution in [3.8, 4) is 0 Å². The zero-order valence-corrected chi connectivity index (χ0v) is 21.3. The third-order valence-corrected chi connectivity index (χ3v) is 7.01. The zero-order chi connectivity index (χ0) is 24.5. The van der Waals surface area contributed by atoms with Gasteiger partial charge in [0, 0.05) is 37.6 Å². The SMILES string of the molecule is CCCCc1ccc(NC(=O)CSc2nnc(Cc3cccn3C)n2CCc2ccccc2)cc1. The van der Waals surface area contributed by atoms with Gasteiger partial charge in [-0.3, -0.25) is 4.79 Å². The number of carbonyl (C=O) groups is 1. The summed E-state index contributed by atoms with van der Waals surface area (Å²) >= 11 is 1.43. The number of carbonyl (C=O) groups excluding carboxylic acids is 1. The highest BCUT2D eigenvalue weighted by atomic mass is 32.2. The lowest BCUT2D eigenvalue weighted by Crippen LogP contribution is -2.15. The number of amides is 1. The van der Waals surface area contributed by atoms with E-state index in [1.54, 1.807) is 0 Å². The third-order valence-electron chi connectivity index (χ3n) is 6.04. The van der Waals surface area contributed by atoms with E-state index in [9.17, 15) is 4.79 Å². The van der Waals surface area contributed by atoms with Crippen LogP contribution >= 0.6 is 11.8 Å². The summed E-state index contributed by atoms with van der Waals surface area (Å²) in [7, 11) is 2.04. The normalized spacial score (nSPS) is 11.0. The Bertz CT molecular complexity index is 1210. The second-order valence-corrected chi connectivity index (χ2v) is 9.65. The van der Waals surface area contributed by atoms with Gasteiger partial charge in [-0.05, 0) is 54.7 Å². The molecule has 7 heteroatoms. The molecular formula is C28H33N5OS. The Morgan fingerprint density at radius 2 is 1.71 bits per heavy atom. The van der Waals surface area contributed by atoms with E-state index in [0.29, 0.717) is 6.42 Å². The lowest BCUT2D eigenvalue weighted by atomic mass is 10.1. The van der Waals surface area contributed by atoms with Gasteiger partial charge in [0.2, 0.25) is 5.91 Å². The van der Waals surface area contributed by atoms with Gasteiger partial charge >= 0.3 is 0 Å². The highest BCUT2D eigenvalue weighted by Gasteiger charge is 2.16. The number of unbranched alkanes of at least 4 members (excludes halogenated alkanes) is 1. The molecule has 6 nitrogen and oxygen atoms in total. The van der Waals surface area contributed by atoms with Crippen LogP contribution in [0.5, 0.6) is 0 Å². The van der Waals surface area contributed by atoms with Gasteiger partial charge in [-0.15, -0.1) is 10.2 Å². The molecule has 4 aromatic rings. The number of thioether (sulfide) groups is 1. The minimum absolute atomic E-state index is 0.0436. The fourth-order valence-corrected chi connectivity index (χ4v) is 4.76. The first-order valence-corrected chi connectivity index (χ1v) is 13.2. The van der Waals surface area contributed by atoms with Crippen LogP contribution in [0.25, 0.3) is 0 Å². The van der Waals surface area contributed by atoms with Gasteiger partial charge in [-0.1, -0.05) is 67.6 Å². The van der Waals surface area contributed by atoms with Gasteiger partial charge in [-0.25, -0.2) is 0 Å².